The number of phenols is 1. The lowest BCUT2D eigenvalue weighted by molar-refractivity contribution is 0.473. The van der Waals surface area contributed by atoms with Crippen molar-refractivity contribution in [1.29, 1.82) is 0 Å². The molecule has 0 aromatic heterocycles. The van der Waals surface area contributed by atoms with Crippen LogP contribution in [0.1, 0.15) is 0 Å². The van der Waals surface area contributed by atoms with Crippen molar-refractivity contribution < 1.29 is 5.11 Å². The van der Waals surface area contributed by atoms with Crippen LogP contribution in [0.25, 0.3) is 0 Å². The lowest BCUT2D eigenvalue weighted by Gasteiger charge is -1.80. The maximum atomic E-state index is 8.52. The summed E-state index contributed by atoms with van der Waals surface area (Å²) in [6.07, 6.45) is 0. The van der Waals surface area contributed by atoms with Crippen LogP contribution in [-0.2, 0) is 0 Å². The standard InChI is InChI=1S/C6H4O/c7-6-4-2-1-3-5-6/h1-3,7H. The molecule has 0 heterocycles. The molecule has 1 aromatic carbocycles. The second kappa shape index (κ2) is 1.65. The number of hydrogen-bond donors (Lipinski definition) is 1. The first-order valence-corrected chi connectivity index (χ1v) is 1.97. The second-order valence-corrected chi connectivity index (χ2v) is 1.16. The number of phenolic OH excluding ortho intramolecular Hbond substituents is 1. The van der Waals surface area contributed by atoms with Crippen molar-refractivity contribution in [3.8, 4) is 5.75 Å². The van der Waals surface area contributed by atoms with E-state index in [1.54, 1.807) is 18.2 Å². The van der Waals surface area contributed by atoms with Gasteiger partial charge in [-0.05, 0) is 0 Å². The van der Waals surface area contributed by atoms with Gasteiger partial charge < -0.3 is 5.11 Å². The Morgan fingerprint density at radius 3 is 2.14 bits per heavy atom. The fraction of sp³-hybridized carbons (Fsp3) is 0. The van der Waals surface area contributed by atoms with E-state index in [0.717, 1.165) is 0 Å². The summed E-state index contributed by atoms with van der Waals surface area (Å²) < 4.78 is 0. The number of benzene rings is 1. The third-order valence-electron chi connectivity index (χ3n) is 0.633. The fourth-order valence-electron chi connectivity index (χ4n) is 0.344. The molecule has 0 aliphatic rings. The van der Waals surface area contributed by atoms with Gasteiger partial charge in [0.2, 0.25) is 0 Å². The SMILES string of the molecule is Oc1[c]ccc[c]1. The first-order chi connectivity index (χ1) is 3.39. The van der Waals surface area contributed by atoms with Crippen LogP contribution in [0.15, 0.2) is 18.2 Å². The van der Waals surface area contributed by atoms with Gasteiger partial charge in [-0.2, -0.15) is 0 Å². The zero-order valence-corrected chi connectivity index (χ0v) is 3.68. The predicted octanol–water partition coefficient (Wildman–Crippen LogP) is 0.993. The third-order valence-corrected chi connectivity index (χ3v) is 0.633. The molecule has 0 atom stereocenters. The van der Waals surface area contributed by atoms with Gasteiger partial charge in [-0.1, -0.05) is 18.2 Å². The summed E-state index contributed by atoms with van der Waals surface area (Å²) in [6, 6.07) is 10.1. The number of para-hydroxylation sites is 1. The van der Waals surface area contributed by atoms with Gasteiger partial charge in [0.15, 0.2) is 0 Å². The van der Waals surface area contributed by atoms with E-state index in [9.17, 15) is 0 Å². The molecule has 0 saturated heterocycles. The molecule has 0 aliphatic carbocycles. The van der Waals surface area contributed by atoms with Gasteiger partial charge >= 0.3 is 0 Å². The van der Waals surface area contributed by atoms with E-state index in [-0.39, 0.29) is 5.75 Å². The zero-order valence-electron chi connectivity index (χ0n) is 3.68. The van der Waals surface area contributed by atoms with E-state index in [1.807, 2.05) is 0 Å². The molecular weight excluding hydrogens is 88.1 g/mol. The monoisotopic (exact) mass is 92.0 g/mol. The van der Waals surface area contributed by atoms with Crippen LogP contribution in [0, 0.1) is 12.1 Å². The minimum Gasteiger partial charge on any atom is -0.507 e. The number of aromatic hydroxyl groups is 1. The summed E-state index contributed by atoms with van der Waals surface area (Å²) in [4.78, 5) is 0. The molecule has 1 heteroatoms. The van der Waals surface area contributed by atoms with Crippen LogP contribution in [-0.4, -0.2) is 5.11 Å². The van der Waals surface area contributed by atoms with Crippen molar-refractivity contribution in [3.63, 3.8) is 0 Å². The van der Waals surface area contributed by atoms with Crippen LogP contribution in [0.4, 0.5) is 0 Å². The van der Waals surface area contributed by atoms with Crippen molar-refractivity contribution in [2.45, 2.75) is 0 Å². The van der Waals surface area contributed by atoms with Crippen LogP contribution < -0.4 is 0 Å². The minimum atomic E-state index is 0.0718. The molecule has 0 unspecified atom stereocenters. The molecule has 0 fully saturated rings. The first kappa shape index (κ1) is 4.19. The van der Waals surface area contributed by atoms with E-state index in [1.165, 1.54) is 0 Å². The van der Waals surface area contributed by atoms with Gasteiger partial charge in [-0.25, -0.2) is 0 Å². The molecule has 7 heavy (non-hydrogen) atoms. The summed E-state index contributed by atoms with van der Waals surface area (Å²) in [5.41, 5.74) is 0. The van der Waals surface area contributed by atoms with E-state index in [4.69, 9.17) is 5.11 Å². The van der Waals surface area contributed by atoms with Crippen molar-refractivity contribution in [2.75, 3.05) is 0 Å². The van der Waals surface area contributed by atoms with Crippen LogP contribution in [0.5, 0.6) is 5.75 Å². The highest BCUT2D eigenvalue weighted by atomic mass is 16.3. The number of rotatable bonds is 0. The molecule has 0 spiro atoms. The van der Waals surface area contributed by atoms with Gasteiger partial charge in [0.05, 0.1) is 0 Å². The molecule has 0 aliphatic heterocycles. The Balaban J connectivity index is 3.02. The smallest absolute Gasteiger partial charge is 0.131 e. The fourth-order valence-corrected chi connectivity index (χ4v) is 0.344. The molecule has 1 nitrogen and oxygen atoms in total. The van der Waals surface area contributed by atoms with Crippen molar-refractivity contribution in [1.82, 2.24) is 0 Å². The Labute approximate surface area is 42.2 Å². The van der Waals surface area contributed by atoms with Crippen molar-refractivity contribution >= 4 is 0 Å². The largest absolute Gasteiger partial charge is 0.507 e. The van der Waals surface area contributed by atoms with Gasteiger partial charge in [0.25, 0.3) is 0 Å². The third kappa shape index (κ3) is 0.929. The van der Waals surface area contributed by atoms with Crippen molar-refractivity contribution in [2.24, 2.45) is 0 Å². The van der Waals surface area contributed by atoms with Crippen molar-refractivity contribution in [3.05, 3.63) is 30.3 Å². The van der Waals surface area contributed by atoms with E-state index >= 15 is 0 Å². The highest BCUT2D eigenvalue weighted by molar-refractivity contribution is 5.14. The Morgan fingerprint density at radius 1 is 1.29 bits per heavy atom. The lowest BCUT2D eigenvalue weighted by atomic mass is 10.3. The Morgan fingerprint density at radius 2 is 1.86 bits per heavy atom. The Bertz CT molecular complexity index is 134. The van der Waals surface area contributed by atoms with Crippen LogP contribution in [0.2, 0.25) is 0 Å². The quantitative estimate of drug-likeness (QED) is 0.506. The molecule has 0 amide bonds. The highest BCUT2D eigenvalue weighted by Crippen LogP contribution is 2.00. The van der Waals surface area contributed by atoms with Crippen LogP contribution >= 0.6 is 0 Å². The molecule has 1 rings (SSSR count). The van der Waals surface area contributed by atoms with Gasteiger partial charge in [0, 0.05) is 12.1 Å². The topological polar surface area (TPSA) is 20.2 Å². The molecule has 2 radical (unpaired) electrons. The first-order valence-electron chi connectivity index (χ1n) is 1.97. The summed E-state index contributed by atoms with van der Waals surface area (Å²) >= 11 is 0. The normalized spacial score (nSPS) is 8.57. The average molecular weight is 92.1 g/mol. The van der Waals surface area contributed by atoms with Gasteiger partial charge in [-0.15, -0.1) is 0 Å². The van der Waals surface area contributed by atoms with Gasteiger partial charge in [0.1, 0.15) is 5.75 Å². The molecule has 1 N–H and O–H groups in total. The van der Waals surface area contributed by atoms with E-state index in [2.05, 4.69) is 12.1 Å². The minimum absolute atomic E-state index is 0.0718. The molecule has 1 aromatic rings. The maximum Gasteiger partial charge on any atom is 0.131 e. The summed E-state index contributed by atoms with van der Waals surface area (Å²) in [5, 5.41) is 8.52. The van der Waals surface area contributed by atoms with E-state index in [0.29, 0.717) is 0 Å². The Kier molecular flexibility index (Phi) is 0.984. The summed E-state index contributed by atoms with van der Waals surface area (Å²) in [6.45, 7) is 0. The number of hydrogen-bond acceptors (Lipinski definition) is 1. The average Bonchev–Trinajstić information content (AvgIpc) is 1.69. The second-order valence-electron chi connectivity index (χ2n) is 1.16. The zero-order chi connectivity index (χ0) is 5.11. The molecular formula is C6H4O. The Hall–Kier alpha value is -0.980. The van der Waals surface area contributed by atoms with Gasteiger partial charge in [-0.3, -0.25) is 0 Å². The lowest BCUT2D eigenvalue weighted by Crippen LogP contribution is -1.58. The van der Waals surface area contributed by atoms with Crippen LogP contribution in [0.3, 0.4) is 0 Å². The molecule has 34 valence electrons. The summed E-state index contributed by atoms with van der Waals surface area (Å²) in [5.74, 6) is 0.0718. The molecule has 0 saturated carbocycles. The molecule has 0 bridgehead atoms. The van der Waals surface area contributed by atoms with E-state index < -0.39 is 0 Å². The summed E-state index contributed by atoms with van der Waals surface area (Å²) in [7, 11) is 0. The highest BCUT2D eigenvalue weighted by Gasteiger charge is 1.77. The maximum absolute atomic E-state index is 8.52. The predicted molar refractivity (Wildman–Crippen MR) is 25.8 cm³/mol.